The highest BCUT2D eigenvalue weighted by molar-refractivity contribution is 5.94. The van der Waals surface area contributed by atoms with Crippen LogP contribution in [-0.2, 0) is 9.59 Å². The molecule has 2 aromatic rings. The molecule has 0 spiro atoms. The Balaban J connectivity index is 0.00000243. The smallest absolute Gasteiger partial charge is 0.239 e. The number of anilines is 2. The van der Waals surface area contributed by atoms with Crippen molar-refractivity contribution in [3.05, 3.63) is 60.2 Å². The lowest BCUT2D eigenvalue weighted by Crippen LogP contribution is -2.32. The zero-order valence-electron chi connectivity index (χ0n) is 14.7. The molecule has 3 rings (SSSR count). The van der Waals surface area contributed by atoms with Crippen molar-refractivity contribution in [1.82, 2.24) is 5.32 Å². The van der Waals surface area contributed by atoms with Gasteiger partial charge in [-0.1, -0.05) is 30.3 Å². The molecule has 0 aliphatic heterocycles. The number of carbonyl (C=O) groups is 2. The third-order valence-corrected chi connectivity index (χ3v) is 4.23. The Hall–Kier alpha value is -2.53. The number of halogens is 1. The van der Waals surface area contributed by atoms with Gasteiger partial charge in [0.15, 0.2) is 0 Å². The maximum absolute atomic E-state index is 12.1. The van der Waals surface area contributed by atoms with Crippen molar-refractivity contribution in [3.8, 4) is 0 Å². The van der Waals surface area contributed by atoms with Crippen LogP contribution < -0.4 is 16.0 Å². The molecule has 1 saturated carbocycles. The predicted molar refractivity (Wildman–Crippen MR) is 107 cm³/mol. The number of para-hydroxylation sites is 1. The lowest BCUT2D eigenvalue weighted by molar-refractivity contribution is -0.120. The molecule has 0 bridgehead atoms. The third kappa shape index (κ3) is 5.77. The SMILES string of the molecule is CC(NC(=O)CNc1ccccc1)c1ccc(NC(=O)C2CC2)cc1.Cl. The fourth-order valence-electron chi connectivity index (χ4n) is 2.56. The Bertz CT molecular complexity index is 730. The van der Waals surface area contributed by atoms with Crippen molar-refractivity contribution in [2.24, 2.45) is 5.92 Å². The second-order valence-corrected chi connectivity index (χ2v) is 6.39. The molecule has 1 atom stereocenters. The van der Waals surface area contributed by atoms with Gasteiger partial charge in [-0.15, -0.1) is 12.4 Å². The summed E-state index contributed by atoms with van der Waals surface area (Å²) in [6.07, 6.45) is 1.98. The predicted octanol–water partition coefficient (Wildman–Crippen LogP) is 3.75. The summed E-state index contributed by atoms with van der Waals surface area (Å²) in [6, 6.07) is 17.1. The quantitative estimate of drug-likeness (QED) is 0.692. The number of amides is 2. The minimum Gasteiger partial charge on any atom is -0.376 e. The largest absolute Gasteiger partial charge is 0.376 e. The number of carbonyl (C=O) groups excluding carboxylic acids is 2. The molecular weight excluding hydrogens is 350 g/mol. The van der Waals surface area contributed by atoms with Gasteiger partial charge < -0.3 is 16.0 Å². The van der Waals surface area contributed by atoms with Crippen LogP contribution in [0.25, 0.3) is 0 Å². The standard InChI is InChI=1S/C20H23N3O2.ClH/c1-14(22-19(24)13-21-17-5-3-2-4-6-17)15-9-11-18(12-10-15)23-20(25)16-7-8-16;/h2-6,9-12,14,16,21H,7-8,13H2,1H3,(H,22,24)(H,23,25);1H. The summed E-state index contributed by atoms with van der Waals surface area (Å²) in [6.45, 7) is 2.17. The molecule has 0 heterocycles. The van der Waals surface area contributed by atoms with E-state index >= 15 is 0 Å². The van der Waals surface area contributed by atoms with Crippen LogP contribution >= 0.6 is 12.4 Å². The summed E-state index contributed by atoms with van der Waals surface area (Å²) in [5.41, 5.74) is 2.71. The van der Waals surface area contributed by atoms with E-state index in [1.807, 2.05) is 61.5 Å². The summed E-state index contributed by atoms with van der Waals surface area (Å²) < 4.78 is 0. The van der Waals surface area contributed by atoms with Crippen LogP contribution in [0, 0.1) is 5.92 Å². The number of hydrogen-bond donors (Lipinski definition) is 3. The number of benzene rings is 2. The molecule has 1 aliphatic rings. The van der Waals surface area contributed by atoms with Gasteiger partial charge in [0.05, 0.1) is 12.6 Å². The van der Waals surface area contributed by atoms with E-state index in [0.29, 0.717) is 0 Å². The van der Waals surface area contributed by atoms with Gasteiger partial charge in [0.25, 0.3) is 0 Å². The van der Waals surface area contributed by atoms with Crippen LogP contribution in [0.4, 0.5) is 11.4 Å². The lowest BCUT2D eigenvalue weighted by Gasteiger charge is -2.15. The van der Waals surface area contributed by atoms with E-state index in [9.17, 15) is 9.59 Å². The molecular formula is C20H24ClN3O2. The lowest BCUT2D eigenvalue weighted by atomic mass is 10.1. The molecule has 6 heteroatoms. The zero-order chi connectivity index (χ0) is 17.6. The molecule has 1 fully saturated rings. The van der Waals surface area contributed by atoms with Crippen LogP contribution in [0.2, 0.25) is 0 Å². The minimum atomic E-state index is -0.0988. The highest BCUT2D eigenvalue weighted by Gasteiger charge is 2.29. The average Bonchev–Trinajstić information content (AvgIpc) is 3.46. The molecule has 3 N–H and O–H groups in total. The molecule has 2 amide bonds. The fraction of sp³-hybridized carbons (Fsp3) is 0.300. The molecule has 0 aromatic heterocycles. The van der Waals surface area contributed by atoms with E-state index in [1.165, 1.54) is 0 Å². The van der Waals surface area contributed by atoms with Gasteiger partial charge in [-0.2, -0.15) is 0 Å². The van der Waals surface area contributed by atoms with Crippen molar-refractivity contribution in [3.63, 3.8) is 0 Å². The highest BCUT2D eigenvalue weighted by atomic mass is 35.5. The fourth-order valence-corrected chi connectivity index (χ4v) is 2.56. The van der Waals surface area contributed by atoms with Crippen LogP contribution in [-0.4, -0.2) is 18.4 Å². The van der Waals surface area contributed by atoms with E-state index in [-0.39, 0.29) is 42.7 Å². The average molecular weight is 374 g/mol. The Kier molecular flexibility index (Phi) is 7.04. The van der Waals surface area contributed by atoms with E-state index in [0.717, 1.165) is 29.8 Å². The molecule has 0 saturated heterocycles. The molecule has 2 aromatic carbocycles. The first-order valence-corrected chi connectivity index (χ1v) is 8.61. The maximum Gasteiger partial charge on any atom is 0.239 e. The molecule has 26 heavy (non-hydrogen) atoms. The first-order chi connectivity index (χ1) is 12.1. The first kappa shape index (κ1) is 19.8. The number of hydrogen-bond acceptors (Lipinski definition) is 3. The van der Waals surface area contributed by atoms with Gasteiger partial charge in [0.1, 0.15) is 0 Å². The normalized spacial score (nSPS) is 13.9. The summed E-state index contributed by atoms with van der Waals surface area (Å²) in [4.78, 5) is 23.8. The molecule has 138 valence electrons. The van der Waals surface area contributed by atoms with E-state index < -0.39 is 0 Å². The van der Waals surface area contributed by atoms with Gasteiger partial charge in [0, 0.05) is 17.3 Å². The van der Waals surface area contributed by atoms with E-state index in [4.69, 9.17) is 0 Å². The first-order valence-electron chi connectivity index (χ1n) is 8.61. The van der Waals surface area contributed by atoms with Crippen molar-refractivity contribution >= 4 is 35.6 Å². The summed E-state index contributed by atoms with van der Waals surface area (Å²) >= 11 is 0. The van der Waals surface area contributed by atoms with Crippen LogP contribution in [0.5, 0.6) is 0 Å². The number of rotatable bonds is 7. The van der Waals surface area contributed by atoms with Gasteiger partial charge in [-0.3, -0.25) is 9.59 Å². The van der Waals surface area contributed by atoms with Crippen molar-refractivity contribution < 1.29 is 9.59 Å². The van der Waals surface area contributed by atoms with Crippen molar-refractivity contribution in [2.45, 2.75) is 25.8 Å². The molecule has 5 nitrogen and oxygen atoms in total. The topological polar surface area (TPSA) is 70.2 Å². The summed E-state index contributed by atoms with van der Waals surface area (Å²) in [5.74, 6) is 0.221. The number of nitrogens with one attached hydrogen (secondary N) is 3. The molecule has 0 radical (unpaired) electrons. The van der Waals surface area contributed by atoms with Crippen LogP contribution in [0.3, 0.4) is 0 Å². The zero-order valence-corrected chi connectivity index (χ0v) is 15.5. The summed E-state index contributed by atoms with van der Waals surface area (Å²) in [7, 11) is 0. The van der Waals surface area contributed by atoms with Crippen LogP contribution in [0.15, 0.2) is 54.6 Å². The van der Waals surface area contributed by atoms with E-state index in [2.05, 4.69) is 16.0 Å². The second kappa shape index (κ2) is 9.25. The summed E-state index contributed by atoms with van der Waals surface area (Å²) in [5, 5.41) is 8.97. The Morgan fingerprint density at radius 3 is 2.27 bits per heavy atom. The third-order valence-electron chi connectivity index (χ3n) is 4.23. The second-order valence-electron chi connectivity index (χ2n) is 6.39. The van der Waals surface area contributed by atoms with Gasteiger partial charge in [-0.25, -0.2) is 0 Å². The maximum atomic E-state index is 12.1. The molecule has 1 aliphatic carbocycles. The van der Waals surface area contributed by atoms with Gasteiger partial charge >= 0.3 is 0 Å². The minimum absolute atomic E-state index is 0. The Morgan fingerprint density at radius 2 is 1.65 bits per heavy atom. The van der Waals surface area contributed by atoms with Crippen molar-refractivity contribution in [1.29, 1.82) is 0 Å². The monoisotopic (exact) mass is 373 g/mol. The highest BCUT2D eigenvalue weighted by Crippen LogP contribution is 2.30. The van der Waals surface area contributed by atoms with E-state index in [1.54, 1.807) is 0 Å². The molecule has 1 unspecified atom stereocenters. The Morgan fingerprint density at radius 1 is 1.00 bits per heavy atom. The van der Waals surface area contributed by atoms with Gasteiger partial charge in [0.2, 0.25) is 11.8 Å². The Labute approximate surface area is 160 Å². The van der Waals surface area contributed by atoms with Crippen molar-refractivity contribution in [2.75, 3.05) is 17.2 Å². The van der Waals surface area contributed by atoms with Gasteiger partial charge in [-0.05, 0) is 49.6 Å². The van der Waals surface area contributed by atoms with Crippen LogP contribution in [0.1, 0.15) is 31.4 Å².